The molecule has 0 spiro atoms. The van der Waals surface area contributed by atoms with Crippen LogP contribution in [0.1, 0.15) is 19.0 Å². The number of nitrogens with zero attached hydrogens (tertiary/aromatic N) is 3. The zero-order valence-electron chi connectivity index (χ0n) is 12.5. The normalized spacial score (nSPS) is 10.6. The molecule has 1 heterocycles. The van der Waals surface area contributed by atoms with Crippen LogP contribution in [0.4, 0.5) is 5.82 Å². The van der Waals surface area contributed by atoms with Crippen molar-refractivity contribution in [2.45, 2.75) is 20.3 Å². The number of fused-ring (bicyclic) bond motifs is 1. The van der Waals surface area contributed by atoms with Gasteiger partial charge in [0.1, 0.15) is 12.3 Å². The topological polar surface area (TPSA) is 75.6 Å². The van der Waals surface area contributed by atoms with Crippen LogP contribution in [0, 0.1) is 6.92 Å². The van der Waals surface area contributed by atoms with Crippen molar-refractivity contribution >= 4 is 22.8 Å². The number of rotatable bonds is 6. The Morgan fingerprint density at radius 2 is 2.10 bits per heavy atom. The lowest BCUT2D eigenvalue weighted by Crippen LogP contribution is -2.32. The number of hydrogen-bond acceptors (Lipinski definition) is 5. The van der Waals surface area contributed by atoms with E-state index in [0.717, 1.165) is 23.2 Å². The van der Waals surface area contributed by atoms with E-state index in [2.05, 4.69) is 9.97 Å². The van der Waals surface area contributed by atoms with E-state index >= 15 is 0 Å². The number of hydrogen-bond donors (Lipinski definition) is 1. The van der Waals surface area contributed by atoms with Gasteiger partial charge in [0.05, 0.1) is 23.8 Å². The molecule has 6 nitrogen and oxygen atoms in total. The molecule has 0 aliphatic carbocycles. The Hall–Kier alpha value is -2.37. The molecular formula is C15H19N3O3. The third-order valence-electron chi connectivity index (χ3n) is 3.14. The summed E-state index contributed by atoms with van der Waals surface area (Å²) in [5.41, 5.74) is 2.18. The van der Waals surface area contributed by atoms with Gasteiger partial charge in [0.15, 0.2) is 5.82 Å². The van der Waals surface area contributed by atoms with Gasteiger partial charge in [-0.15, -0.1) is 0 Å². The highest BCUT2D eigenvalue weighted by Crippen LogP contribution is 2.23. The molecule has 6 heteroatoms. The Labute approximate surface area is 123 Å². The number of carbonyl (C=O) groups is 1. The van der Waals surface area contributed by atoms with E-state index in [1.54, 1.807) is 12.0 Å². The van der Waals surface area contributed by atoms with Crippen molar-refractivity contribution in [2.75, 3.05) is 25.1 Å². The predicted molar refractivity (Wildman–Crippen MR) is 81.0 cm³/mol. The lowest BCUT2D eigenvalue weighted by molar-refractivity contribution is -0.135. The van der Waals surface area contributed by atoms with Gasteiger partial charge in [0.25, 0.3) is 0 Å². The highest BCUT2D eigenvalue weighted by Gasteiger charge is 2.15. The molecule has 21 heavy (non-hydrogen) atoms. The second kappa shape index (κ2) is 6.39. The van der Waals surface area contributed by atoms with E-state index in [0.29, 0.717) is 18.1 Å². The molecule has 0 fully saturated rings. The van der Waals surface area contributed by atoms with Crippen molar-refractivity contribution in [2.24, 2.45) is 0 Å². The number of ether oxygens (including phenoxy) is 1. The lowest BCUT2D eigenvalue weighted by Gasteiger charge is -2.22. The maximum Gasteiger partial charge on any atom is 0.323 e. The van der Waals surface area contributed by atoms with Crippen molar-refractivity contribution in [1.29, 1.82) is 0 Å². The number of aryl methyl sites for hydroxylation is 1. The molecule has 0 unspecified atom stereocenters. The molecule has 0 atom stereocenters. The summed E-state index contributed by atoms with van der Waals surface area (Å²) in [6.45, 7) is 4.39. The Kier molecular flexibility index (Phi) is 4.57. The van der Waals surface area contributed by atoms with Crippen LogP contribution in [-0.2, 0) is 4.79 Å². The molecule has 1 N–H and O–H groups in total. The molecule has 2 rings (SSSR count). The third kappa shape index (κ3) is 3.39. The molecule has 0 aliphatic heterocycles. The molecule has 0 saturated heterocycles. The maximum atomic E-state index is 11.0. The highest BCUT2D eigenvalue weighted by molar-refractivity contribution is 5.79. The first-order valence-electron chi connectivity index (χ1n) is 6.84. The SMILES string of the molecule is CCCN(CC(=O)O)c1nc2ccc(OC)cc2nc1C. The molecule has 2 aromatic rings. The third-order valence-corrected chi connectivity index (χ3v) is 3.14. The van der Waals surface area contributed by atoms with E-state index < -0.39 is 5.97 Å². The number of carboxylic acid groups (broad SMARTS) is 1. The smallest absolute Gasteiger partial charge is 0.323 e. The molecule has 0 radical (unpaired) electrons. The Bertz CT molecular complexity index is 658. The van der Waals surface area contributed by atoms with Gasteiger partial charge in [-0.05, 0) is 25.5 Å². The summed E-state index contributed by atoms with van der Waals surface area (Å²) >= 11 is 0. The van der Waals surface area contributed by atoms with Crippen LogP contribution in [0.3, 0.4) is 0 Å². The monoisotopic (exact) mass is 289 g/mol. The fraction of sp³-hybridized carbons (Fsp3) is 0.400. The quantitative estimate of drug-likeness (QED) is 0.879. The van der Waals surface area contributed by atoms with Gasteiger partial charge in [-0.1, -0.05) is 6.92 Å². The van der Waals surface area contributed by atoms with Gasteiger partial charge in [0.2, 0.25) is 0 Å². The van der Waals surface area contributed by atoms with E-state index in [9.17, 15) is 4.79 Å². The van der Waals surface area contributed by atoms with Crippen molar-refractivity contribution in [1.82, 2.24) is 9.97 Å². The van der Waals surface area contributed by atoms with Crippen molar-refractivity contribution in [3.63, 3.8) is 0 Å². The van der Waals surface area contributed by atoms with Crippen LogP contribution in [-0.4, -0.2) is 41.2 Å². The van der Waals surface area contributed by atoms with E-state index in [1.807, 2.05) is 32.0 Å². The maximum absolute atomic E-state index is 11.0. The Morgan fingerprint density at radius 3 is 2.71 bits per heavy atom. The summed E-state index contributed by atoms with van der Waals surface area (Å²) in [4.78, 5) is 21.8. The standard InChI is InChI=1S/C15H19N3O3/c1-4-7-18(9-14(19)20)15-10(2)16-13-8-11(21-3)5-6-12(13)17-15/h5-6,8H,4,7,9H2,1-3H3,(H,19,20). The van der Waals surface area contributed by atoms with Gasteiger partial charge < -0.3 is 14.7 Å². The summed E-state index contributed by atoms with van der Waals surface area (Å²) in [6, 6.07) is 5.47. The van der Waals surface area contributed by atoms with Crippen LogP contribution in [0.5, 0.6) is 5.75 Å². The molecule has 0 bridgehead atoms. The summed E-state index contributed by atoms with van der Waals surface area (Å²) in [6.07, 6.45) is 0.842. The average Bonchev–Trinajstić information content (AvgIpc) is 2.45. The van der Waals surface area contributed by atoms with Crippen LogP contribution < -0.4 is 9.64 Å². The van der Waals surface area contributed by atoms with Crippen LogP contribution in [0.25, 0.3) is 11.0 Å². The van der Waals surface area contributed by atoms with Crippen molar-refractivity contribution < 1.29 is 14.6 Å². The number of benzene rings is 1. The number of carboxylic acids is 1. The van der Waals surface area contributed by atoms with Gasteiger partial charge >= 0.3 is 5.97 Å². The predicted octanol–water partition coefficient (Wildman–Crippen LogP) is 2.25. The largest absolute Gasteiger partial charge is 0.497 e. The van der Waals surface area contributed by atoms with E-state index in [1.165, 1.54) is 0 Å². The molecule has 0 amide bonds. The highest BCUT2D eigenvalue weighted by atomic mass is 16.5. The van der Waals surface area contributed by atoms with Gasteiger partial charge in [0, 0.05) is 12.6 Å². The lowest BCUT2D eigenvalue weighted by atomic mass is 10.2. The van der Waals surface area contributed by atoms with E-state index in [4.69, 9.17) is 9.84 Å². The zero-order chi connectivity index (χ0) is 15.4. The molecule has 1 aromatic heterocycles. The first-order valence-corrected chi connectivity index (χ1v) is 6.84. The van der Waals surface area contributed by atoms with Crippen LogP contribution in [0.2, 0.25) is 0 Å². The summed E-state index contributed by atoms with van der Waals surface area (Å²) in [5, 5.41) is 9.04. The zero-order valence-corrected chi connectivity index (χ0v) is 12.5. The molecule has 1 aromatic carbocycles. The number of aromatic nitrogens is 2. The summed E-state index contributed by atoms with van der Waals surface area (Å²) < 4.78 is 5.18. The fourth-order valence-electron chi connectivity index (χ4n) is 2.23. The molecular weight excluding hydrogens is 270 g/mol. The Balaban J connectivity index is 2.47. The van der Waals surface area contributed by atoms with Gasteiger partial charge in [-0.2, -0.15) is 0 Å². The van der Waals surface area contributed by atoms with Crippen molar-refractivity contribution in [3.8, 4) is 5.75 Å². The Morgan fingerprint density at radius 1 is 1.33 bits per heavy atom. The average molecular weight is 289 g/mol. The fourth-order valence-corrected chi connectivity index (χ4v) is 2.23. The first-order chi connectivity index (χ1) is 10.0. The second-order valence-electron chi connectivity index (χ2n) is 4.80. The number of methoxy groups -OCH3 is 1. The number of aliphatic carboxylic acids is 1. The first kappa shape index (κ1) is 15.0. The number of anilines is 1. The second-order valence-corrected chi connectivity index (χ2v) is 4.80. The molecule has 112 valence electrons. The molecule has 0 saturated carbocycles. The minimum absolute atomic E-state index is 0.0784. The minimum atomic E-state index is -0.875. The summed E-state index contributed by atoms with van der Waals surface area (Å²) in [7, 11) is 1.60. The summed E-state index contributed by atoms with van der Waals surface area (Å²) in [5.74, 6) is 0.469. The van der Waals surface area contributed by atoms with Crippen LogP contribution in [0.15, 0.2) is 18.2 Å². The van der Waals surface area contributed by atoms with E-state index in [-0.39, 0.29) is 6.54 Å². The minimum Gasteiger partial charge on any atom is -0.497 e. The van der Waals surface area contributed by atoms with Crippen LogP contribution >= 0.6 is 0 Å². The van der Waals surface area contributed by atoms with Gasteiger partial charge in [-0.25, -0.2) is 9.97 Å². The van der Waals surface area contributed by atoms with Crippen molar-refractivity contribution in [3.05, 3.63) is 23.9 Å². The van der Waals surface area contributed by atoms with Gasteiger partial charge in [-0.3, -0.25) is 4.79 Å². The molecule has 0 aliphatic rings.